The molecule has 0 radical (unpaired) electrons. The smallest absolute Gasteiger partial charge is 0.251 e. The van der Waals surface area contributed by atoms with Crippen molar-refractivity contribution in [1.29, 1.82) is 0 Å². The van der Waals surface area contributed by atoms with Gasteiger partial charge >= 0.3 is 0 Å². The molecule has 1 aliphatic rings. The molecule has 0 heterocycles. The Morgan fingerprint density at radius 1 is 1.47 bits per heavy atom. The van der Waals surface area contributed by atoms with E-state index in [-0.39, 0.29) is 5.91 Å². The first-order chi connectivity index (χ1) is 7.99. The Morgan fingerprint density at radius 3 is 2.59 bits per heavy atom. The van der Waals surface area contributed by atoms with Gasteiger partial charge in [-0.25, -0.2) is 0 Å². The topological polar surface area (TPSA) is 58.4 Å². The van der Waals surface area contributed by atoms with E-state index in [0.717, 1.165) is 12.1 Å². The summed E-state index contributed by atoms with van der Waals surface area (Å²) < 4.78 is 0. The molecule has 1 aromatic rings. The predicted molar refractivity (Wildman–Crippen MR) is 70.2 cm³/mol. The molecule has 4 heteroatoms. The first-order valence-electron chi connectivity index (χ1n) is 5.86. The van der Waals surface area contributed by atoms with Crippen molar-refractivity contribution in [3.8, 4) is 0 Å². The van der Waals surface area contributed by atoms with E-state index in [4.69, 9.17) is 5.73 Å². The van der Waals surface area contributed by atoms with Crippen LogP contribution in [0.4, 0.5) is 11.4 Å². The molecule has 2 atom stereocenters. The summed E-state index contributed by atoms with van der Waals surface area (Å²) in [5.74, 6) is 0.578. The summed E-state index contributed by atoms with van der Waals surface area (Å²) in [7, 11) is 3.86. The molecule has 2 unspecified atom stereocenters. The maximum Gasteiger partial charge on any atom is 0.251 e. The zero-order chi connectivity index (χ0) is 12.6. The molecule has 17 heavy (non-hydrogen) atoms. The van der Waals surface area contributed by atoms with E-state index in [1.165, 1.54) is 0 Å². The molecule has 0 aromatic heterocycles. The van der Waals surface area contributed by atoms with E-state index in [0.29, 0.717) is 23.2 Å². The second kappa shape index (κ2) is 4.28. The van der Waals surface area contributed by atoms with Crippen molar-refractivity contribution >= 4 is 17.3 Å². The highest BCUT2D eigenvalue weighted by Crippen LogP contribution is 2.29. The number of nitrogens with two attached hydrogens (primary N) is 1. The molecule has 92 valence electrons. The lowest BCUT2D eigenvalue weighted by Gasteiger charge is -2.15. The van der Waals surface area contributed by atoms with Crippen LogP contribution in [0.3, 0.4) is 0 Å². The first-order valence-corrected chi connectivity index (χ1v) is 5.86. The minimum absolute atomic E-state index is 0.0312. The quantitative estimate of drug-likeness (QED) is 0.777. The van der Waals surface area contributed by atoms with Gasteiger partial charge in [0.1, 0.15) is 0 Å². The number of hydrogen-bond donors (Lipinski definition) is 2. The summed E-state index contributed by atoms with van der Waals surface area (Å²) in [6.45, 7) is 2.13. The van der Waals surface area contributed by atoms with E-state index in [9.17, 15) is 4.79 Å². The van der Waals surface area contributed by atoms with Crippen LogP contribution in [-0.4, -0.2) is 26.0 Å². The van der Waals surface area contributed by atoms with Crippen LogP contribution in [0.1, 0.15) is 23.7 Å². The van der Waals surface area contributed by atoms with Crippen LogP contribution in [0.2, 0.25) is 0 Å². The number of carbonyl (C=O) groups excluding carboxylic acids is 1. The van der Waals surface area contributed by atoms with Gasteiger partial charge in [-0.15, -0.1) is 0 Å². The lowest BCUT2D eigenvalue weighted by atomic mass is 10.1. The molecule has 3 N–H and O–H groups in total. The average Bonchev–Trinajstić information content (AvgIpc) is 2.93. The summed E-state index contributed by atoms with van der Waals surface area (Å²) in [5, 5.41) is 2.99. The summed E-state index contributed by atoms with van der Waals surface area (Å²) in [6, 6.07) is 5.77. The van der Waals surface area contributed by atoms with Crippen molar-refractivity contribution in [1.82, 2.24) is 5.32 Å². The fourth-order valence-electron chi connectivity index (χ4n) is 1.88. The lowest BCUT2D eigenvalue weighted by molar-refractivity contribution is 0.0949. The Morgan fingerprint density at radius 2 is 2.12 bits per heavy atom. The predicted octanol–water partition coefficient (Wildman–Crippen LogP) is 1.47. The third-order valence-corrected chi connectivity index (χ3v) is 3.20. The maximum atomic E-state index is 11.9. The average molecular weight is 233 g/mol. The van der Waals surface area contributed by atoms with Gasteiger partial charge in [0.25, 0.3) is 5.91 Å². The van der Waals surface area contributed by atoms with E-state index in [1.54, 1.807) is 6.07 Å². The van der Waals surface area contributed by atoms with E-state index >= 15 is 0 Å². The van der Waals surface area contributed by atoms with Crippen molar-refractivity contribution in [2.24, 2.45) is 5.92 Å². The summed E-state index contributed by atoms with van der Waals surface area (Å²) in [5.41, 5.74) is 8.11. The Labute approximate surface area is 102 Å². The van der Waals surface area contributed by atoms with Crippen LogP contribution in [0, 0.1) is 5.92 Å². The lowest BCUT2D eigenvalue weighted by Crippen LogP contribution is -2.26. The van der Waals surface area contributed by atoms with Gasteiger partial charge in [-0.2, -0.15) is 0 Å². The molecular formula is C13H19N3O. The van der Waals surface area contributed by atoms with Crippen molar-refractivity contribution in [2.45, 2.75) is 19.4 Å². The van der Waals surface area contributed by atoms with E-state index in [1.807, 2.05) is 31.1 Å². The number of anilines is 2. The zero-order valence-electron chi connectivity index (χ0n) is 10.5. The molecule has 4 nitrogen and oxygen atoms in total. The standard InChI is InChI=1S/C13H19N3O/c1-8-6-11(8)15-13(17)9-4-5-12(16(2)3)10(14)7-9/h4-5,7-8,11H,6,14H2,1-3H3,(H,15,17). The normalized spacial score (nSPS) is 22.1. The summed E-state index contributed by atoms with van der Waals surface area (Å²) in [4.78, 5) is 13.8. The van der Waals surface area contributed by atoms with Gasteiger partial charge in [0.2, 0.25) is 0 Å². The Hall–Kier alpha value is -1.71. The summed E-state index contributed by atoms with van der Waals surface area (Å²) >= 11 is 0. The van der Waals surface area contributed by atoms with E-state index < -0.39 is 0 Å². The number of carbonyl (C=O) groups is 1. The van der Waals surface area contributed by atoms with Gasteiger partial charge in [0.05, 0.1) is 11.4 Å². The van der Waals surface area contributed by atoms with Gasteiger partial charge in [-0.1, -0.05) is 6.92 Å². The Kier molecular flexibility index (Phi) is 2.96. The fourth-order valence-corrected chi connectivity index (χ4v) is 1.88. The molecular weight excluding hydrogens is 214 g/mol. The molecule has 0 saturated heterocycles. The highest BCUT2D eigenvalue weighted by Gasteiger charge is 2.34. The monoisotopic (exact) mass is 233 g/mol. The number of amides is 1. The molecule has 1 saturated carbocycles. The second-order valence-corrected chi connectivity index (χ2v) is 4.96. The largest absolute Gasteiger partial charge is 0.397 e. The molecule has 1 aliphatic carbocycles. The van der Waals surface area contributed by atoms with Gasteiger partial charge in [0.15, 0.2) is 0 Å². The fraction of sp³-hybridized carbons (Fsp3) is 0.462. The minimum Gasteiger partial charge on any atom is -0.397 e. The maximum absolute atomic E-state index is 11.9. The molecule has 2 rings (SSSR count). The van der Waals surface area contributed by atoms with Crippen molar-refractivity contribution in [3.63, 3.8) is 0 Å². The minimum atomic E-state index is -0.0312. The number of nitrogens with one attached hydrogen (secondary N) is 1. The third kappa shape index (κ3) is 2.52. The van der Waals surface area contributed by atoms with Crippen LogP contribution in [0.15, 0.2) is 18.2 Å². The highest BCUT2D eigenvalue weighted by molar-refractivity contribution is 5.96. The Bertz CT molecular complexity index is 442. The van der Waals surface area contributed by atoms with Gasteiger partial charge in [-0.05, 0) is 30.5 Å². The number of benzene rings is 1. The Balaban J connectivity index is 2.11. The number of hydrogen-bond acceptors (Lipinski definition) is 3. The molecule has 0 bridgehead atoms. The second-order valence-electron chi connectivity index (χ2n) is 4.96. The van der Waals surface area contributed by atoms with Crippen LogP contribution in [0.25, 0.3) is 0 Å². The summed E-state index contributed by atoms with van der Waals surface area (Å²) in [6.07, 6.45) is 1.08. The van der Waals surface area contributed by atoms with Crippen LogP contribution >= 0.6 is 0 Å². The number of nitrogens with zero attached hydrogens (tertiary/aromatic N) is 1. The highest BCUT2D eigenvalue weighted by atomic mass is 16.1. The van der Waals surface area contributed by atoms with Crippen molar-refractivity contribution in [3.05, 3.63) is 23.8 Å². The number of rotatable bonds is 3. The molecule has 0 spiro atoms. The van der Waals surface area contributed by atoms with Gasteiger partial charge < -0.3 is 16.0 Å². The van der Waals surface area contributed by atoms with Crippen LogP contribution in [-0.2, 0) is 0 Å². The van der Waals surface area contributed by atoms with Crippen LogP contribution in [0.5, 0.6) is 0 Å². The third-order valence-electron chi connectivity index (χ3n) is 3.20. The SMILES string of the molecule is CC1CC1NC(=O)c1ccc(N(C)C)c(N)c1. The van der Waals surface area contributed by atoms with Gasteiger partial charge in [0, 0.05) is 25.7 Å². The van der Waals surface area contributed by atoms with Crippen LogP contribution < -0.4 is 16.0 Å². The van der Waals surface area contributed by atoms with Gasteiger partial charge in [-0.3, -0.25) is 4.79 Å². The first kappa shape index (κ1) is 11.8. The molecule has 1 amide bonds. The molecule has 0 aliphatic heterocycles. The van der Waals surface area contributed by atoms with E-state index in [2.05, 4.69) is 12.2 Å². The number of nitrogen functional groups attached to an aromatic ring is 1. The zero-order valence-corrected chi connectivity index (χ0v) is 10.5. The van der Waals surface area contributed by atoms with Crippen molar-refractivity contribution in [2.75, 3.05) is 24.7 Å². The molecule has 1 aromatic carbocycles. The van der Waals surface area contributed by atoms with Crippen molar-refractivity contribution < 1.29 is 4.79 Å². The molecule has 1 fully saturated rings.